The van der Waals surface area contributed by atoms with Gasteiger partial charge < -0.3 is 10.1 Å². The molecule has 0 radical (unpaired) electrons. The molecule has 0 aromatic heterocycles. The molecule has 0 heterocycles. The minimum Gasteiger partial charge on any atom is -0.456 e. The molecule has 0 bridgehead atoms. The number of ether oxygens (including phenoxy) is 1. The summed E-state index contributed by atoms with van der Waals surface area (Å²) >= 11 is 5.78. The van der Waals surface area contributed by atoms with Gasteiger partial charge in [0.15, 0.2) is 0 Å². The van der Waals surface area contributed by atoms with Gasteiger partial charge in [0.2, 0.25) is 0 Å². The van der Waals surface area contributed by atoms with Crippen LogP contribution in [0.1, 0.15) is 21.5 Å². The smallest absolute Gasteiger partial charge is 0.417 e. The van der Waals surface area contributed by atoms with Crippen LogP contribution in [0.2, 0.25) is 5.02 Å². The van der Waals surface area contributed by atoms with Crippen LogP contribution in [0.3, 0.4) is 0 Å². The molecule has 0 aliphatic rings. The molecule has 0 saturated carbocycles. The van der Waals surface area contributed by atoms with E-state index in [9.17, 15) is 31.0 Å². The van der Waals surface area contributed by atoms with E-state index in [0.717, 1.165) is 42.7 Å². The van der Waals surface area contributed by atoms with Crippen LogP contribution >= 0.6 is 11.6 Å². The van der Waals surface area contributed by atoms with Crippen molar-refractivity contribution in [2.75, 3.05) is 11.6 Å². The largest absolute Gasteiger partial charge is 0.456 e. The van der Waals surface area contributed by atoms with E-state index in [1.54, 1.807) is 0 Å². The molecular weight excluding hydrogens is 503 g/mol. The van der Waals surface area contributed by atoms with Gasteiger partial charge in [-0.15, -0.1) is 0 Å². The van der Waals surface area contributed by atoms with Crippen molar-refractivity contribution in [2.24, 2.45) is 0 Å². The van der Waals surface area contributed by atoms with Gasteiger partial charge in [0.05, 0.1) is 30.8 Å². The summed E-state index contributed by atoms with van der Waals surface area (Å²) < 4.78 is 92.6. The molecule has 0 fully saturated rings. The van der Waals surface area contributed by atoms with Crippen LogP contribution in [0, 0.1) is 23.3 Å². The number of nitrogens with one attached hydrogen (secondary N) is 2. The highest BCUT2D eigenvalue weighted by atomic mass is 35.5. The molecule has 2 N–H and O–H groups in total. The van der Waals surface area contributed by atoms with Crippen molar-refractivity contribution in [3.8, 4) is 11.5 Å². The summed E-state index contributed by atoms with van der Waals surface area (Å²) in [7, 11) is -3.47. The number of anilines is 1. The fourth-order valence-corrected chi connectivity index (χ4v) is 4.02. The molecular formula is C22H16ClF5N2O3S. The number of hydrogen-bond donors (Lipinski definition) is 2. The second-order valence-corrected chi connectivity index (χ2v) is 9.82. The first-order chi connectivity index (χ1) is 15.7. The number of alkyl halides is 3. The van der Waals surface area contributed by atoms with Gasteiger partial charge in [-0.1, -0.05) is 11.6 Å². The lowest BCUT2D eigenvalue weighted by molar-refractivity contribution is -0.137. The van der Waals surface area contributed by atoms with E-state index >= 15 is 0 Å². The minimum atomic E-state index is -4.86. The topological polar surface area (TPSA) is 79.2 Å². The Morgan fingerprint density at radius 3 is 2.32 bits per heavy atom. The maximum absolute atomic E-state index is 13.9. The number of amides is 1. The number of halogens is 6. The van der Waals surface area contributed by atoms with Crippen molar-refractivity contribution in [3.05, 3.63) is 81.9 Å². The molecule has 0 aliphatic carbocycles. The molecule has 180 valence electrons. The summed E-state index contributed by atoms with van der Waals surface area (Å²) in [6, 6.07) is 7.61. The zero-order valence-corrected chi connectivity index (χ0v) is 19.1. The molecule has 0 unspecified atom stereocenters. The second kappa shape index (κ2) is 9.22. The summed E-state index contributed by atoms with van der Waals surface area (Å²) in [6.45, 7) is 1.46. The Bertz CT molecular complexity index is 1390. The first-order valence-corrected chi connectivity index (χ1v) is 11.7. The number of carbonyl (C=O) groups is 1. The summed E-state index contributed by atoms with van der Waals surface area (Å²) in [5, 5.41) is 1.56. The molecule has 3 rings (SSSR count). The maximum atomic E-state index is 13.9. The third kappa shape index (κ3) is 5.65. The van der Waals surface area contributed by atoms with E-state index in [-0.39, 0.29) is 17.0 Å². The first-order valence-electron chi connectivity index (χ1n) is 9.36. The predicted octanol–water partition coefficient (Wildman–Crippen LogP) is 7.03. The van der Waals surface area contributed by atoms with Crippen molar-refractivity contribution in [3.63, 3.8) is 0 Å². The second-order valence-electron chi connectivity index (χ2n) is 7.28. The van der Waals surface area contributed by atoms with E-state index in [1.807, 2.05) is 0 Å². The van der Waals surface area contributed by atoms with E-state index in [1.165, 1.54) is 13.0 Å². The number of aryl methyl sites for hydroxylation is 1. The van der Waals surface area contributed by atoms with Crippen LogP contribution < -0.4 is 10.1 Å². The SMILES string of the molecule is Cc1cc(F)ccc1Oc1cc(C(F)(F)F)c(Cl)cc1C(=O)Nc1ccc(F)c([S@@](C)(=N)=O)c1. The monoisotopic (exact) mass is 518 g/mol. The number of hydrogen-bond acceptors (Lipinski definition) is 4. The standard InChI is InChI=1S/C22H16ClF5N2O3S/c1-11-7-12(24)3-6-18(11)33-19-10-15(22(26,27)28)16(23)9-14(19)21(31)30-13-4-5-17(25)20(8-13)34(2,29)32/h3-10,29H,1-2H3,(H,30,31)/t34-/m0/s1. The Balaban J connectivity index is 2.07. The Hall–Kier alpha value is -3.18. The van der Waals surface area contributed by atoms with E-state index in [0.29, 0.717) is 6.07 Å². The fraction of sp³-hybridized carbons (Fsp3) is 0.136. The third-order valence-corrected chi connectivity index (χ3v) is 6.05. The Labute approximate surface area is 196 Å². The highest BCUT2D eigenvalue weighted by Crippen LogP contribution is 2.40. The Morgan fingerprint density at radius 2 is 1.74 bits per heavy atom. The predicted molar refractivity (Wildman–Crippen MR) is 117 cm³/mol. The normalized spacial score (nSPS) is 13.3. The molecule has 3 aromatic carbocycles. The zero-order valence-electron chi connectivity index (χ0n) is 17.5. The molecule has 1 atom stereocenters. The number of carbonyl (C=O) groups excluding carboxylic acids is 1. The van der Waals surface area contributed by atoms with Crippen LogP contribution in [-0.2, 0) is 15.9 Å². The summed E-state index contributed by atoms with van der Waals surface area (Å²) in [4.78, 5) is 12.5. The van der Waals surface area contributed by atoms with Crippen molar-refractivity contribution in [1.29, 1.82) is 4.78 Å². The van der Waals surface area contributed by atoms with Crippen LogP contribution in [-0.4, -0.2) is 16.4 Å². The number of rotatable bonds is 5. The molecule has 0 spiro atoms. The minimum absolute atomic E-state index is 0.00473. The van der Waals surface area contributed by atoms with E-state index in [4.69, 9.17) is 21.1 Å². The van der Waals surface area contributed by atoms with Gasteiger partial charge in [-0.05, 0) is 61.0 Å². The van der Waals surface area contributed by atoms with Gasteiger partial charge in [-0.2, -0.15) is 13.2 Å². The van der Waals surface area contributed by atoms with Crippen LogP contribution in [0.4, 0.5) is 27.6 Å². The molecule has 1 amide bonds. The van der Waals surface area contributed by atoms with Crippen molar-refractivity contribution < 1.29 is 35.7 Å². The lowest BCUT2D eigenvalue weighted by Gasteiger charge is -2.17. The summed E-state index contributed by atoms with van der Waals surface area (Å²) in [6.07, 6.45) is -3.87. The Kier molecular flexibility index (Phi) is 6.90. The van der Waals surface area contributed by atoms with Crippen LogP contribution in [0.25, 0.3) is 0 Å². The highest BCUT2D eigenvalue weighted by molar-refractivity contribution is 7.91. The van der Waals surface area contributed by atoms with E-state index in [2.05, 4.69) is 5.32 Å². The molecule has 34 heavy (non-hydrogen) atoms. The van der Waals surface area contributed by atoms with Crippen molar-refractivity contribution in [1.82, 2.24) is 0 Å². The summed E-state index contributed by atoms with van der Waals surface area (Å²) in [5.41, 5.74) is -1.48. The molecule has 12 heteroatoms. The van der Waals surface area contributed by atoms with Gasteiger partial charge in [0.1, 0.15) is 23.1 Å². The lowest BCUT2D eigenvalue weighted by atomic mass is 10.1. The molecule has 0 saturated heterocycles. The average Bonchev–Trinajstić information content (AvgIpc) is 2.70. The van der Waals surface area contributed by atoms with Crippen molar-refractivity contribution in [2.45, 2.75) is 18.0 Å². The zero-order chi connectivity index (χ0) is 25.4. The maximum Gasteiger partial charge on any atom is 0.417 e. The van der Waals surface area contributed by atoms with Gasteiger partial charge in [0.25, 0.3) is 5.91 Å². The third-order valence-electron chi connectivity index (χ3n) is 4.58. The summed E-state index contributed by atoms with van der Waals surface area (Å²) in [5.74, 6) is -3.02. The van der Waals surface area contributed by atoms with Gasteiger partial charge in [0, 0.05) is 11.9 Å². The van der Waals surface area contributed by atoms with Gasteiger partial charge in [-0.3, -0.25) is 4.79 Å². The number of benzene rings is 3. The molecule has 0 aliphatic heterocycles. The molecule has 3 aromatic rings. The average molecular weight is 519 g/mol. The molecule has 5 nitrogen and oxygen atoms in total. The van der Waals surface area contributed by atoms with Crippen LogP contribution in [0.15, 0.2) is 53.4 Å². The Morgan fingerprint density at radius 1 is 1.06 bits per heavy atom. The fourth-order valence-electron chi connectivity index (χ4n) is 2.96. The van der Waals surface area contributed by atoms with E-state index < -0.39 is 60.2 Å². The van der Waals surface area contributed by atoms with Crippen LogP contribution in [0.5, 0.6) is 11.5 Å². The van der Waals surface area contributed by atoms with Gasteiger partial charge in [-0.25, -0.2) is 17.8 Å². The quantitative estimate of drug-likeness (QED) is 0.356. The van der Waals surface area contributed by atoms with Gasteiger partial charge >= 0.3 is 6.18 Å². The highest BCUT2D eigenvalue weighted by Gasteiger charge is 2.35. The van der Waals surface area contributed by atoms with Crippen molar-refractivity contribution >= 4 is 32.9 Å². The first kappa shape index (κ1) is 25.4. The lowest BCUT2D eigenvalue weighted by Crippen LogP contribution is -2.15.